The monoisotopic (exact) mass is 222 g/mol. The Bertz CT molecular complexity index is 342. The maximum absolute atomic E-state index is 5.73. The lowest BCUT2D eigenvalue weighted by Gasteiger charge is -2.19. The highest BCUT2D eigenvalue weighted by Crippen LogP contribution is 2.25. The molecule has 0 saturated heterocycles. The van der Waals surface area contributed by atoms with Crippen LogP contribution >= 0.6 is 0 Å². The van der Waals surface area contributed by atoms with Crippen molar-refractivity contribution in [3.05, 3.63) is 23.5 Å². The molecule has 1 aromatic rings. The van der Waals surface area contributed by atoms with Gasteiger partial charge in [0.15, 0.2) is 0 Å². The van der Waals surface area contributed by atoms with E-state index < -0.39 is 0 Å². The lowest BCUT2D eigenvalue weighted by Crippen LogP contribution is -2.15. The molecular weight excluding hydrogens is 200 g/mol. The molecule has 0 atom stereocenters. The Balaban J connectivity index is 2.97. The van der Waals surface area contributed by atoms with Crippen molar-refractivity contribution in [2.24, 2.45) is 5.73 Å². The molecule has 1 heterocycles. The molecule has 0 unspecified atom stereocenters. The zero-order valence-electron chi connectivity index (χ0n) is 10.7. The molecule has 1 aromatic heterocycles. The van der Waals surface area contributed by atoms with Gasteiger partial charge < -0.3 is 10.5 Å². The van der Waals surface area contributed by atoms with Crippen molar-refractivity contribution in [3.8, 4) is 5.75 Å². The van der Waals surface area contributed by atoms with Crippen molar-refractivity contribution in [1.82, 2.24) is 4.98 Å². The molecule has 0 bridgehead atoms. The van der Waals surface area contributed by atoms with E-state index in [0.717, 1.165) is 23.4 Å². The van der Waals surface area contributed by atoms with Gasteiger partial charge in [-0.25, -0.2) is 0 Å². The topological polar surface area (TPSA) is 48.1 Å². The molecule has 2 N–H and O–H groups in total. The second-order valence-corrected chi connectivity index (χ2v) is 4.98. The van der Waals surface area contributed by atoms with Crippen LogP contribution in [0.4, 0.5) is 0 Å². The van der Waals surface area contributed by atoms with Crippen molar-refractivity contribution in [3.63, 3.8) is 0 Å². The van der Waals surface area contributed by atoms with Gasteiger partial charge in [0.25, 0.3) is 0 Å². The molecule has 3 heteroatoms. The minimum Gasteiger partial charge on any atom is -0.492 e. The zero-order chi connectivity index (χ0) is 12.2. The normalized spacial score (nSPS) is 11.6. The fourth-order valence-electron chi connectivity index (χ4n) is 1.40. The predicted octanol–water partition coefficient (Wildman–Crippen LogP) is 2.63. The highest BCUT2D eigenvalue weighted by molar-refractivity contribution is 5.34. The second kappa shape index (κ2) is 5.30. The van der Waals surface area contributed by atoms with E-state index in [1.54, 1.807) is 6.20 Å². The van der Waals surface area contributed by atoms with Crippen LogP contribution in [0.25, 0.3) is 0 Å². The highest BCUT2D eigenvalue weighted by atomic mass is 16.5. The third kappa shape index (κ3) is 3.20. The molecule has 16 heavy (non-hydrogen) atoms. The van der Waals surface area contributed by atoms with Gasteiger partial charge in [-0.15, -0.1) is 0 Å². The average molecular weight is 222 g/mol. The third-order valence-electron chi connectivity index (χ3n) is 2.40. The average Bonchev–Trinajstić information content (AvgIpc) is 2.24. The Morgan fingerprint density at radius 1 is 1.38 bits per heavy atom. The largest absolute Gasteiger partial charge is 0.492 e. The van der Waals surface area contributed by atoms with Gasteiger partial charge >= 0.3 is 0 Å². The molecule has 0 saturated carbocycles. The molecule has 3 nitrogen and oxygen atoms in total. The van der Waals surface area contributed by atoms with E-state index in [1.807, 2.05) is 6.07 Å². The van der Waals surface area contributed by atoms with E-state index in [1.165, 1.54) is 0 Å². The molecule has 0 aliphatic heterocycles. The van der Waals surface area contributed by atoms with Gasteiger partial charge in [0.2, 0.25) is 0 Å². The van der Waals surface area contributed by atoms with Gasteiger partial charge in [-0.1, -0.05) is 27.7 Å². The van der Waals surface area contributed by atoms with Crippen LogP contribution in [0.3, 0.4) is 0 Å². The van der Waals surface area contributed by atoms with Crippen LogP contribution in [0, 0.1) is 0 Å². The number of pyridine rings is 1. The van der Waals surface area contributed by atoms with Crippen LogP contribution in [0.15, 0.2) is 12.3 Å². The zero-order valence-corrected chi connectivity index (χ0v) is 10.7. The van der Waals surface area contributed by atoms with Crippen molar-refractivity contribution in [2.75, 3.05) is 6.61 Å². The smallest absolute Gasteiger partial charge is 0.142 e. The molecule has 90 valence electrons. The summed E-state index contributed by atoms with van der Waals surface area (Å²) in [5.41, 5.74) is 7.86. The Kier molecular flexibility index (Phi) is 4.30. The first kappa shape index (κ1) is 13.0. The number of aromatic nitrogens is 1. The van der Waals surface area contributed by atoms with E-state index in [-0.39, 0.29) is 5.41 Å². The summed E-state index contributed by atoms with van der Waals surface area (Å²) in [6.45, 7) is 9.71. The summed E-state index contributed by atoms with van der Waals surface area (Å²) in [7, 11) is 0. The molecule has 0 aliphatic carbocycles. The van der Waals surface area contributed by atoms with E-state index >= 15 is 0 Å². The van der Waals surface area contributed by atoms with Crippen LogP contribution in [-0.2, 0) is 12.0 Å². The SMILES string of the molecule is CCCOc1cnc(C(C)(C)C)cc1CN. The first-order chi connectivity index (χ1) is 7.49. The fourth-order valence-corrected chi connectivity index (χ4v) is 1.40. The van der Waals surface area contributed by atoms with E-state index in [4.69, 9.17) is 10.5 Å². The van der Waals surface area contributed by atoms with Gasteiger partial charge in [0, 0.05) is 23.2 Å². The summed E-state index contributed by atoms with van der Waals surface area (Å²) in [5, 5.41) is 0. The molecule has 0 spiro atoms. The van der Waals surface area contributed by atoms with Crippen molar-refractivity contribution in [1.29, 1.82) is 0 Å². The van der Waals surface area contributed by atoms with Crippen LogP contribution in [0.1, 0.15) is 45.4 Å². The Morgan fingerprint density at radius 3 is 2.56 bits per heavy atom. The van der Waals surface area contributed by atoms with E-state index in [2.05, 4.69) is 32.7 Å². The summed E-state index contributed by atoms with van der Waals surface area (Å²) >= 11 is 0. The quantitative estimate of drug-likeness (QED) is 0.852. The number of ether oxygens (including phenoxy) is 1. The summed E-state index contributed by atoms with van der Waals surface area (Å²) in [5.74, 6) is 0.817. The fraction of sp³-hybridized carbons (Fsp3) is 0.615. The Hall–Kier alpha value is -1.09. The maximum atomic E-state index is 5.73. The standard InChI is InChI=1S/C13H22N2O/c1-5-6-16-11-9-15-12(13(2,3)4)7-10(11)8-14/h7,9H,5-6,8,14H2,1-4H3. The Morgan fingerprint density at radius 2 is 2.06 bits per heavy atom. The lowest BCUT2D eigenvalue weighted by atomic mass is 9.91. The van der Waals surface area contributed by atoms with Gasteiger partial charge in [-0.3, -0.25) is 4.98 Å². The number of rotatable bonds is 4. The van der Waals surface area contributed by atoms with Gasteiger partial charge in [0.05, 0.1) is 12.8 Å². The molecule has 0 aromatic carbocycles. The van der Waals surface area contributed by atoms with Crippen molar-refractivity contribution in [2.45, 2.75) is 46.1 Å². The Labute approximate surface area is 98.0 Å². The van der Waals surface area contributed by atoms with Gasteiger partial charge in [-0.2, -0.15) is 0 Å². The van der Waals surface area contributed by atoms with Crippen LogP contribution in [-0.4, -0.2) is 11.6 Å². The summed E-state index contributed by atoms with van der Waals surface area (Å²) in [6, 6.07) is 2.05. The first-order valence-electron chi connectivity index (χ1n) is 5.81. The molecule has 0 radical (unpaired) electrons. The summed E-state index contributed by atoms with van der Waals surface area (Å²) in [4.78, 5) is 4.43. The van der Waals surface area contributed by atoms with Gasteiger partial charge in [-0.05, 0) is 12.5 Å². The predicted molar refractivity (Wildman–Crippen MR) is 66.6 cm³/mol. The van der Waals surface area contributed by atoms with Gasteiger partial charge in [0.1, 0.15) is 5.75 Å². The minimum atomic E-state index is 0.0488. The van der Waals surface area contributed by atoms with Crippen molar-refractivity contribution < 1.29 is 4.74 Å². The number of hydrogen-bond acceptors (Lipinski definition) is 3. The highest BCUT2D eigenvalue weighted by Gasteiger charge is 2.17. The van der Waals surface area contributed by atoms with E-state index in [0.29, 0.717) is 13.2 Å². The number of hydrogen-bond donors (Lipinski definition) is 1. The molecule has 0 amide bonds. The first-order valence-corrected chi connectivity index (χ1v) is 5.81. The number of nitrogens with two attached hydrogens (primary N) is 1. The van der Waals surface area contributed by atoms with Crippen molar-refractivity contribution >= 4 is 0 Å². The third-order valence-corrected chi connectivity index (χ3v) is 2.40. The molecule has 1 rings (SSSR count). The van der Waals surface area contributed by atoms with E-state index in [9.17, 15) is 0 Å². The lowest BCUT2D eigenvalue weighted by molar-refractivity contribution is 0.312. The molecule has 0 fully saturated rings. The summed E-state index contributed by atoms with van der Waals surface area (Å²) < 4.78 is 5.60. The molecular formula is C13H22N2O. The van der Waals surface area contributed by atoms with Crippen LogP contribution in [0.2, 0.25) is 0 Å². The van der Waals surface area contributed by atoms with Crippen LogP contribution < -0.4 is 10.5 Å². The van der Waals surface area contributed by atoms with Crippen LogP contribution in [0.5, 0.6) is 5.75 Å². The maximum Gasteiger partial charge on any atom is 0.142 e. The number of nitrogens with zero attached hydrogens (tertiary/aromatic N) is 1. The second-order valence-electron chi connectivity index (χ2n) is 4.98. The molecule has 0 aliphatic rings. The minimum absolute atomic E-state index is 0.0488. The summed E-state index contributed by atoms with van der Waals surface area (Å²) in [6.07, 6.45) is 2.78.